The van der Waals surface area contributed by atoms with Crippen molar-refractivity contribution in [3.63, 3.8) is 0 Å². The average Bonchev–Trinajstić information content (AvgIpc) is 2.61. The van der Waals surface area contributed by atoms with E-state index in [0.29, 0.717) is 64.5 Å². The molecule has 4 atom stereocenters. The number of hydrogen-bond acceptors (Lipinski definition) is 11. The predicted molar refractivity (Wildman–Crippen MR) is 391 cm³/mol. The van der Waals surface area contributed by atoms with E-state index >= 15 is 0 Å². The second-order valence-corrected chi connectivity index (χ2v) is 33.1. The number of Topliss-reactive ketones (excluding diaryl/α,β-unsaturated/α-hetero) is 1. The first-order chi connectivity index (χ1) is 39.3. The molecule has 4 unspecified atom stereocenters. The van der Waals surface area contributed by atoms with E-state index in [1.165, 1.54) is 6.42 Å². The Morgan fingerprint density at radius 3 is 1.23 bits per heavy atom. The van der Waals surface area contributed by atoms with Gasteiger partial charge in [0.05, 0.1) is 44.6 Å². The molecule has 1 aromatic carbocycles. The van der Waals surface area contributed by atoms with Gasteiger partial charge in [0.2, 0.25) is 0 Å². The van der Waals surface area contributed by atoms with Gasteiger partial charge in [0.1, 0.15) is 5.78 Å². The van der Waals surface area contributed by atoms with Crippen molar-refractivity contribution in [2.24, 2.45) is 37.9 Å². The minimum atomic E-state index is -3.84. The van der Waals surface area contributed by atoms with Crippen LogP contribution in [0.1, 0.15) is 235 Å². The van der Waals surface area contributed by atoms with Crippen molar-refractivity contribution < 1.29 is 73.3 Å². The average molecular weight is 1530 g/mol. The van der Waals surface area contributed by atoms with Crippen LogP contribution in [0, 0.1) is 51.4 Å². The van der Waals surface area contributed by atoms with E-state index in [1.54, 1.807) is 24.3 Å². The second kappa shape index (κ2) is 56.8. The van der Waals surface area contributed by atoms with Crippen LogP contribution in [0.3, 0.4) is 0 Å². The number of aryl methyl sites for hydroxylation is 1. The molecule has 0 amide bonds. The van der Waals surface area contributed by atoms with Crippen molar-refractivity contribution in [1.82, 2.24) is 0 Å². The molecule has 1 rings (SSSR count). The van der Waals surface area contributed by atoms with E-state index in [0.717, 1.165) is 92.2 Å². The van der Waals surface area contributed by atoms with Crippen LogP contribution in [0.2, 0.25) is 0 Å². The molecule has 12 nitrogen and oxygen atoms in total. The molecule has 0 fully saturated rings. The Labute approximate surface area is 590 Å². The number of hydrogen-bond donors (Lipinski definition) is 3. The standard InChI is InChI=1S/C23H39NO4P2S.C15H30O3.C9H17BrO2.C7H16BrOP.C7H15BrO.CH2Cl2.CH4.B.Li.H2.H/c1-19-9-11-20(12-10-19)31(25,26)23(24-6,15-7-13-21(2,3)17-27-29)16-8-14-22(4,5)18-28-30;1-14(2,11-16)9-5-7-13(18)8-6-10-15(3,4)12-17;1-4-12-8(11)9(2,3)6-5-7-10;1-7(2,6-9-10)4-3-5-8;1-7(2,6-9)4-3-5-8;2-1-3;;;;;/h9-12H,7-8,13-18,29-30H2,1-5H3;16-17H,5-12H2,1-4H3;4-7H2,1-3H3;3-6,10H2,1-2H3;9H,3-6H2,1-2H3;1H2;1H4;;;1H;/q;;;;;;;;+1;;-1/i29T;;;10T;;;;;;1+2;. The molecule has 86 heavy (non-hydrogen) atoms. The number of alkyl halides is 5. The molecule has 0 aliphatic heterocycles. The number of ketones is 1. The summed E-state index contributed by atoms with van der Waals surface area (Å²) in [5.41, 5.74) is 0.596. The molecule has 0 heterocycles. The topological polar surface area (TPSA) is 170 Å². The largest absolute Gasteiger partial charge is 1.00 e. The quantitative estimate of drug-likeness (QED) is 0.0188. The second-order valence-electron chi connectivity index (χ2n) is 26.8. The van der Waals surface area contributed by atoms with Crippen LogP contribution in [-0.2, 0) is 37.7 Å². The van der Waals surface area contributed by atoms with E-state index in [4.69, 9.17) is 66.0 Å². The fourth-order valence-corrected chi connectivity index (χ4v) is 11.9. The molecule has 0 saturated carbocycles. The van der Waals surface area contributed by atoms with Gasteiger partial charge in [0, 0.05) is 99.6 Å². The number of carbonyl (C=O) groups excluding carboxylic acids is 2. The van der Waals surface area contributed by atoms with Gasteiger partial charge in [-0.25, -0.2) is 15.0 Å². The molecule has 0 aromatic heterocycles. The van der Waals surface area contributed by atoms with Crippen LogP contribution in [-0.4, -0.2) is 119 Å². The number of sulfone groups is 1. The summed E-state index contributed by atoms with van der Waals surface area (Å²) in [5, 5.41) is 30.3. The zero-order valence-electron chi connectivity index (χ0n) is 58.8. The van der Waals surface area contributed by atoms with Gasteiger partial charge in [-0.3, -0.25) is 14.4 Å². The Morgan fingerprint density at radius 1 is 0.616 bits per heavy atom. The van der Waals surface area contributed by atoms with Crippen LogP contribution in [0.4, 0.5) is 0 Å². The predicted octanol–water partition coefficient (Wildman–Crippen LogP) is 16.3. The number of benzene rings is 1. The summed E-state index contributed by atoms with van der Waals surface area (Å²) < 4.78 is 62.0. The van der Waals surface area contributed by atoms with E-state index in [2.05, 4.69) is 104 Å². The summed E-state index contributed by atoms with van der Waals surface area (Å²) in [7, 11) is -2.02. The van der Waals surface area contributed by atoms with Crippen molar-refractivity contribution in [2.45, 2.75) is 244 Å². The number of halogens is 5. The molecule has 0 bridgehead atoms. The van der Waals surface area contributed by atoms with Gasteiger partial charge in [-0.1, -0.05) is 156 Å². The third-order valence-corrected chi connectivity index (χ3v) is 18.4. The van der Waals surface area contributed by atoms with Crippen molar-refractivity contribution >= 4 is 129 Å². The Morgan fingerprint density at radius 2 is 0.930 bits per heavy atom. The van der Waals surface area contributed by atoms with Gasteiger partial charge < -0.3 is 35.1 Å². The Kier molecular flexibility index (Phi) is 65.2. The van der Waals surface area contributed by atoms with E-state index in [1.807, 2.05) is 69.2 Å². The third-order valence-electron chi connectivity index (χ3n) is 13.9. The summed E-state index contributed by atoms with van der Waals surface area (Å²) in [6, 6.07) is 6.79. The minimum Gasteiger partial charge on any atom is -1.00 e. The number of aliphatic hydroxyl groups is 3. The number of carbonyl (C=O) groups is 2. The van der Waals surface area contributed by atoms with Crippen LogP contribution in [0.5, 0.6) is 0 Å². The first-order valence-corrected chi connectivity index (χ1v) is 36.4. The Balaban J connectivity index is -0.000000118. The van der Waals surface area contributed by atoms with Crippen LogP contribution >= 0.6 is 99.3 Å². The van der Waals surface area contributed by atoms with Crippen LogP contribution in [0.25, 0.3) is 4.85 Å². The number of esters is 1. The minimum absolute atomic E-state index is 0. The number of aliphatic hydroxyl groups excluding tert-OH is 3. The normalized spacial score (nSPS) is 13.0. The monoisotopic (exact) mass is 1530 g/mol. The zero-order valence-corrected chi connectivity index (χ0v) is 66.1. The van der Waals surface area contributed by atoms with Gasteiger partial charge in [-0.15, -0.1) is 23.2 Å². The Hall–Kier alpha value is 1.53. The fraction of sp³-hybridized carbons (Fsp3) is 0.857. The van der Waals surface area contributed by atoms with Gasteiger partial charge >= 0.3 is 29.7 Å². The summed E-state index contributed by atoms with van der Waals surface area (Å²) >= 11 is 19.6. The van der Waals surface area contributed by atoms with E-state index < -0.39 is 14.7 Å². The summed E-state index contributed by atoms with van der Waals surface area (Å²) in [5.74, 6) is 0.212. The number of rotatable bonds is 40. The molecule has 0 aliphatic rings. The molecular formula is C63H126BBr3Cl2LiNO11P3S. The Bertz CT molecular complexity index is 1970. The van der Waals surface area contributed by atoms with Gasteiger partial charge in [-0.2, -0.15) is 0 Å². The third kappa shape index (κ3) is 55.9. The SMILES string of the molecule is C.CC(C)(CO)CCCBr.CC(C)(CO)CCCC(=O)CCCC(C)(C)CO.CCOC(=O)C(C)(C)CCCBr.ClCCl.[3HH].[3H]POCC(C)(C)CCCBr.[3H]POCC(C)(C)CCCC(CCCC(C)(C)COP)([N+]#[C-])S(=O)(=O)c1ccc(C)cc1.[B].[H-].[Li+]. The molecule has 23 heteroatoms. The maximum Gasteiger partial charge on any atom is 1.00 e. The van der Waals surface area contributed by atoms with Crippen LogP contribution in [0.15, 0.2) is 29.2 Å². The maximum absolute atomic E-state index is 13.7. The summed E-state index contributed by atoms with van der Waals surface area (Å²) in [6.45, 7) is 43.2. The molecule has 509 valence electrons. The van der Waals surface area contributed by atoms with Crippen molar-refractivity contribution in [3.8, 4) is 0 Å². The molecule has 3 N–H and O–H groups in total. The van der Waals surface area contributed by atoms with E-state index in [-0.39, 0.29) is 137 Å². The zero-order chi connectivity index (χ0) is 67.1. The van der Waals surface area contributed by atoms with Gasteiger partial charge in [-0.05, 0) is 162 Å². The van der Waals surface area contributed by atoms with Crippen LogP contribution < -0.4 is 18.9 Å². The first kappa shape index (κ1) is 98.6. The molecule has 0 aliphatic carbocycles. The fourth-order valence-electron chi connectivity index (χ4n) is 7.94. The van der Waals surface area contributed by atoms with Gasteiger partial charge in [0.15, 0.2) is 0 Å². The number of nitrogens with zero attached hydrogens (tertiary/aromatic N) is 1. The molecule has 1 aromatic rings. The molecule has 3 radical (unpaired) electrons. The summed E-state index contributed by atoms with van der Waals surface area (Å²) in [4.78, 5) is 25.5. The van der Waals surface area contributed by atoms with Crippen molar-refractivity contribution in [3.05, 3.63) is 41.2 Å². The molecular weight excluding hydrogens is 1400 g/mol. The van der Waals surface area contributed by atoms with Gasteiger partial charge in [0.25, 0.3) is 9.84 Å². The molecule has 0 spiro atoms. The first-order valence-electron chi connectivity index (χ1n) is 30.2. The molecule has 0 saturated heterocycles. The maximum atomic E-state index is 13.7. The van der Waals surface area contributed by atoms with E-state index in [9.17, 15) is 18.0 Å². The van der Waals surface area contributed by atoms with Crippen molar-refractivity contribution in [2.75, 3.05) is 67.6 Å². The summed E-state index contributed by atoms with van der Waals surface area (Å²) in [6.07, 6.45) is 14.5. The smallest absolute Gasteiger partial charge is 1.00 e. The van der Waals surface area contributed by atoms with Crippen molar-refractivity contribution in [1.29, 1.82) is 2.56 Å². The number of ether oxygens (including phenoxy) is 1.